The molecular weight excluding hydrogens is 234 g/mol. The van der Waals surface area contributed by atoms with Gasteiger partial charge in [0.15, 0.2) is 0 Å². The normalized spacial score (nSPS) is 15.5. The van der Waals surface area contributed by atoms with Crippen molar-refractivity contribution >= 4 is 21.9 Å². The fourth-order valence-electron chi connectivity index (χ4n) is 0.736. The minimum Gasteiger partial charge on any atom is -0.468 e. The summed E-state index contributed by atoms with van der Waals surface area (Å²) in [6, 6.07) is 0.407. The number of ether oxygens (including phenoxy) is 1. The lowest BCUT2D eigenvalue weighted by Crippen LogP contribution is -2.37. The van der Waals surface area contributed by atoms with E-state index in [1.54, 1.807) is 0 Å². The Hall–Kier alpha value is -0.0900. The Morgan fingerprint density at radius 1 is 1.46 bits per heavy atom. The molecule has 0 fully saturated rings. The molecule has 0 aliphatic heterocycles. The summed E-state index contributed by atoms with van der Waals surface area (Å²) >= 11 is 3.24. The summed E-state index contributed by atoms with van der Waals surface area (Å²) in [7, 11) is 1.39. The molecule has 0 aromatic rings. The van der Waals surface area contributed by atoms with Crippen LogP contribution >= 0.6 is 15.9 Å². The molecule has 0 aromatic carbocycles. The maximum Gasteiger partial charge on any atom is 0.320 e. The predicted octanol–water partition coefficient (Wildman–Crippen LogP) is 1.56. The number of esters is 1. The van der Waals surface area contributed by atoms with Gasteiger partial charge in [0, 0.05) is 12.6 Å². The van der Waals surface area contributed by atoms with Crippen molar-refractivity contribution in [1.82, 2.24) is 5.32 Å². The van der Waals surface area contributed by atoms with Gasteiger partial charge < -0.3 is 10.1 Å². The molecule has 0 bridgehead atoms. The number of hydrogen-bond donors (Lipinski definition) is 1. The van der Waals surface area contributed by atoms with Gasteiger partial charge in [-0.15, -0.1) is 0 Å². The molecule has 0 aliphatic carbocycles. The zero-order valence-corrected chi connectivity index (χ0v) is 10.2. The van der Waals surface area contributed by atoms with E-state index >= 15 is 0 Å². The molecule has 78 valence electrons. The van der Waals surface area contributed by atoms with Crippen molar-refractivity contribution in [2.75, 3.05) is 13.7 Å². The van der Waals surface area contributed by atoms with Gasteiger partial charge in [-0.3, -0.25) is 4.79 Å². The summed E-state index contributed by atoms with van der Waals surface area (Å²) in [5, 5.41) is 3.25. The van der Waals surface area contributed by atoms with Gasteiger partial charge in [-0.25, -0.2) is 0 Å². The van der Waals surface area contributed by atoms with Gasteiger partial charge in [-0.1, -0.05) is 29.8 Å². The highest BCUT2D eigenvalue weighted by Gasteiger charge is 2.16. The number of nitrogens with one attached hydrogen (secondary N) is 1. The van der Waals surface area contributed by atoms with E-state index < -0.39 is 0 Å². The van der Waals surface area contributed by atoms with Crippen molar-refractivity contribution in [3.05, 3.63) is 0 Å². The van der Waals surface area contributed by atoms with E-state index in [0.717, 1.165) is 0 Å². The van der Waals surface area contributed by atoms with Crippen LogP contribution in [0, 0.1) is 5.92 Å². The highest BCUT2D eigenvalue weighted by Crippen LogP contribution is 2.04. The lowest BCUT2D eigenvalue weighted by molar-refractivity contribution is -0.139. The summed E-state index contributed by atoms with van der Waals surface area (Å²) < 4.78 is 4.58. The third kappa shape index (κ3) is 5.26. The molecule has 0 aromatic heterocycles. The van der Waals surface area contributed by atoms with Gasteiger partial charge in [-0.2, -0.15) is 0 Å². The number of halogens is 1. The van der Waals surface area contributed by atoms with E-state index in [1.165, 1.54) is 7.11 Å². The van der Waals surface area contributed by atoms with E-state index in [0.29, 0.717) is 18.5 Å². The van der Waals surface area contributed by atoms with E-state index in [-0.39, 0.29) is 10.8 Å². The van der Waals surface area contributed by atoms with Crippen LogP contribution in [0.1, 0.15) is 20.8 Å². The van der Waals surface area contributed by atoms with Crippen LogP contribution in [0.25, 0.3) is 0 Å². The smallest absolute Gasteiger partial charge is 0.320 e. The summed E-state index contributed by atoms with van der Waals surface area (Å²) in [4.78, 5) is 10.7. The fraction of sp³-hybridized carbons (Fsp3) is 0.889. The average molecular weight is 252 g/mol. The second-order valence-corrected chi connectivity index (χ2v) is 4.54. The molecule has 0 heterocycles. The largest absolute Gasteiger partial charge is 0.468 e. The number of methoxy groups -OCH3 is 1. The maximum atomic E-state index is 11.0. The first-order valence-corrected chi connectivity index (χ1v) is 5.35. The van der Waals surface area contributed by atoms with Gasteiger partial charge >= 0.3 is 5.97 Å². The van der Waals surface area contributed by atoms with Gasteiger partial charge in [0.1, 0.15) is 4.83 Å². The number of rotatable bonds is 5. The number of carbonyl (C=O) groups is 1. The lowest BCUT2D eigenvalue weighted by atomic mass is 10.1. The maximum absolute atomic E-state index is 11.0. The van der Waals surface area contributed by atoms with Crippen molar-refractivity contribution in [2.45, 2.75) is 31.6 Å². The van der Waals surface area contributed by atoms with E-state index in [1.807, 2.05) is 0 Å². The lowest BCUT2D eigenvalue weighted by Gasteiger charge is -2.18. The predicted molar refractivity (Wildman–Crippen MR) is 57.0 cm³/mol. The van der Waals surface area contributed by atoms with Crippen molar-refractivity contribution in [1.29, 1.82) is 0 Å². The van der Waals surface area contributed by atoms with E-state index in [2.05, 4.69) is 46.8 Å². The Morgan fingerprint density at radius 3 is 2.38 bits per heavy atom. The summed E-state index contributed by atoms with van der Waals surface area (Å²) in [6.07, 6.45) is 0. The van der Waals surface area contributed by atoms with Crippen molar-refractivity contribution in [3.8, 4) is 0 Å². The Morgan fingerprint density at radius 2 is 2.00 bits per heavy atom. The fourth-order valence-corrected chi connectivity index (χ4v) is 1.11. The molecule has 0 spiro atoms. The first kappa shape index (κ1) is 12.9. The Kier molecular flexibility index (Phi) is 6.33. The van der Waals surface area contributed by atoms with Crippen LogP contribution in [0.2, 0.25) is 0 Å². The van der Waals surface area contributed by atoms with Crippen LogP contribution < -0.4 is 5.32 Å². The van der Waals surface area contributed by atoms with Crippen molar-refractivity contribution in [3.63, 3.8) is 0 Å². The van der Waals surface area contributed by atoms with Gasteiger partial charge in [0.25, 0.3) is 0 Å². The zero-order chi connectivity index (χ0) is 10.4. The Bertz CT molecular complexity index is 162. The standard InChI is InChI=1S/C9H18BrNO2/c1-6(2)7(3)11-5-8(10)9(12)13-4/h6-8,11H,5H2,1-4H3. The highest BCUT2D eigenvalue weighted by molar-refractivity contribution is 9.10. The van der Waals surface area contributed by atoms with Gasteiger partial charge in [0.05, 0.1) is 7.11 Å². The number of alkyl halides is 1. The van der Waals surface area contributed by atoms with Crippen molar-refractivity contribution in [2.24, 2.45) is 5.92 Å². The highest BCUT2D eigenvalue weighted by atomic mass is 79.9. The van der Waals surface area contributed by atoms with Crippen LogP contribution in [0.4, 0.5) is 0 Å². The van der Waals surface area contributed by atoms with Crippen LogP contribution in [-0.2, 0) is 9.53 Å². The van der Waals surface area contributed by atoms with Crippen LogP contribution in [-0.4, -0.2) is 30.5 Å². The molecular formula is C9H18BrNO2. The minimum absolute atomic E-state index is 0.233. The molecule has 2 atom stereocenters. The monoisotopic (exact) mass is 251 g/mol. The van der Waals surface area contributed by atoms with Crippen LogP contribution in [0.3, 0.4) is 0 Å². The topological polar surface area (TPSA) is 38.3 Å². The van der Waals surface area contributed by atoms with E-state index in [9.17, 15) is 4.79 Å². The SMILES string of the molecule is COC(=O)C(Br)CNC(C)C(C)C. The molecule has 0 aliphatic rings. The molecule has 0 saturated carbocycles. The third-order valence-electron chi connectivity index (χ3n) is 2.08. The zero-order valence-electron chi connectivity index (χ0n) is 8.63. The third-order valence-corrected chi connectivity index (χ3v) is 2.77. The molecule has 3 nitrogen and oxygen atoms in total. The Balaban J connectivity index is 3.69. The summed E-state index contributed by atoms with van der Waals surface area (Å²) in [5.74, 6) is 0.334. The number of hydrogen-bond acceptors (Lipinski definition) is 3. The second-order valence-electron chi connectivity index (χ2n) is 3.43. The van der Waals surface area contributed by atoms with Crippen molar-refractivity contribution < 1.29 is 9.53 Å². The molecule has 0 rings (SSSR count). The van der Waals surface area contributed by atoms with Crippen LogP contribution in [0.5, 0.6) is 0 Å². The minimum atomic E-state index is -0.251. The van der Waals surface area contributed by atoms with Crippen LogP contribution in [0.15, 0.2) is 0 Å². The molecule has 13 heavy (non-hydrogen) atoms. The summed E-state index contributed by atoms with van der Waals surface area (Å²) in [6.45, 7) is 6.98. The average Bonchev–Trinajstić information content (AvgIpc) is 2.11. The number of carbonyl (C=O) groups excluding carboxylic acids is 1. The first-order chi connectivity index (χ1) is 5.99. The van der Waals surface area contributed by atoms with E-state index in [4.69, 9.17) is 0 Å². The molecule has 2 unspecified atom stereocenters. The Labute approximate surface area is 88.4 Å². The molecule has 0 radical (unpaired) electrons. The summed E-state index contributed by atoms with van der Waals surface area (Å²) in [5.41, 5.74) is 0. The molecule has 0 amide bonds. The van der Waals surface area contributed by atoms with Gasteiger partial charge in [0.2, 0.25) is 0 Å². The first-order valence-electron chi connectivity index (χ1n) is 4.44. The molecule has 4 heteroatoms. The quantitative estimate of drug-likeness (QED) is 0.596. The molecule has 0 saturated heterocycles. The van der Waals surface area contributed by atoms with Gasteiger partial charge in [-0.05, 0) is 12.8 Å². The molecule has 1 N–H and O–H groups in total. The second kappa shape index (κ2) is 6.38.